The third-order valence-electron chi connectivity index (χ3n) is 3.63. The van der Waals surface area contributed by atoms with Crippen molar-refractivity contribution in [2.24, 2.45) is 0 Å². The van der Waals surface area contributed by atoms with Crippen molar-refractivity contribution in [1.82, 2.24) is 4.90 Å². The number of carboxylic acid groups (broad SMARTS) is 1. The van der Waals surface area contributed by atoms with Crippen molar-refractivity contribution in [3.8, 4) is 0 Å². The Kier molecular flexibility index (Phi) is 4.57. The van der Waals surface area contributed by atoms with Crippen LogP contribution < -0.4 is 0 Å². The van der Waals surface area contributed by atoms with E-state index in [9.17, 15) is 4.79 Å². The lowest BCUT2D eigenvalue weighted by Gasteiger charge is -2.24. The van der Waals surface area contributed by atoms with Gasteiger partial charge in [0.15, 0.2) is 0 Å². The fourth-order valence-corrected chi connectivity index (χ4v) is 3.01. The number of carbonyl (C=O) groups is 1. The first kappa shape index (κ1) is 14.8. The molecule has 0 amide bonds. The fourth-order valence-electron chi connectivity index (χ4n) is 2.16. The molecule has 1 aromatic carbocycles. The highest BCUT2D eigenvalue weighted by Crippen LogP contribution is 2.25. The summed E-state index contributed by atoms with van der Waals surface area (Å²) in [5.41, 5.74) is 2.54. The van der Waals surface area contributed by atoms with Crippen LogP contribution in [0.25, 0.3) is 0 Å². The van der Waals surface area contributed by atoms with Crippen LogP contribution in [0.3, 0.4) is 0 Å². The summed E-state index contributed by atoms with van der Waals surface area (Å²) < 4.78 is 0. The van der Waals surface area contributed by atoms with Crippen molar-refractivity contribution < 1.29 is 9.90 Å². The summed E-state index contributed by atoms with van der Waals surface area (Å²) in [6.45, 7) is 4.96. The lowest BCUT2D eigenvalue weighted by molar-refractivity contribution is 0.0696. The van der Waals surface area contributed by atoms with E-state index in [4.69, 9.17) is 5.11 Å². The van der Waals surface area contributed by atoms with Crippen molar-refractivity contribution in [2.45, 2.75) is 26.4 Å². The number of hydrogen-bond acceptors (Lipinski definition) is 3. The van der Waals surface area contributed by atoms with Crippen LogP contribution in [-0.2, 0) is 6.54 Å². The Labute approximate surface area is 123 Å². The van der Waals surface area contributed by atoms with E-state index in [1.54, 1.807) is 23.5 Å². The van der Waals surface area contributed by atoms with Gasteiger partial charge in [-0.25, -0.2) is 4.79 Å². The van der Waals surface area contributed by atoms with E-state index < -0.39 is 5.97 Å². The minimum atomic E-state index is -0.875. The van der Waals surface area contributed by atoms with Gasteiger partial charge < -0.3 is 5.11 Å². The Bertz CT molecular complexity index is 593. The molecule has 0 spiro atoms. The van der Waals surface area contributed by atoms with Gasteiger partial charge >= 0.3 is 5.97 Å². The zero-order valence-corrected chi connectivity index (χ0v) is 12.8. The zero-order chi connectivity index (χ0) is 14.7. The van der Waals surface area contributed by atoms with Gasteiger partial charge in [-0.3, -0.25) is 4.90 Å². The third-order valence-corrected chi connectivity index (χ3v) is 4.67. The molecule has 1 unspecified atom stereocenters. The number of aromatic carboxylic acids is 1. The van der Waals surface area contributed by atoms with Gasteiger partial charge in [0, 0.05) is 17.5 Å². The number of carboxylic acids is 1. The molecule has 0 radical (unpaired) electrons. The second-order valence-corrected chi connectivity index (χ2v) is 6.03. The van der Waals surface area contributed by atoms with Gasteiger partial charge in [-0.1, -0.05) is 12.1 Å². The number of nitrogens with zero attached hydrogens (tertiary/aromatic N) is 1. The first-order valence-electron chi connectivity index (χ1n) is 6.55. The minimum Gasteiger partial charge on any atom is -0.478 e. The van der Waals surface area contributed by atoms with E-state index in [-0.39, 0.29) is 0 Å². The van der Waals surface area contributed by atoms with Crippen LogP contribution in [0.2, 0.25) is 0 Å². The molecule has 0 aliphatic rings. The van der Waals surface area contributed by atoms with Crippen molar-refractivity contribution in [3.05, 3.63) is 57.3 Å². The summed E-state index contributed by atoms with van der Waals surface area (Å²) in [6, 6.07) is 9.89. The molecular formula is C16H19NO2S. The van der Waals surface area contributed by atoms with Crippen LogP contribution in [0, 0.1) is 6.92 Å². The second kappa shape index (κ2) is 6.20. The molecule has 106 valence electrons. The molecule has 4 heteroatoms. The van der Waals surface area contributed by atoms with Gasteiger partial charge in [-0.2, -0.15) is 0 Å². The first-order valence-corrected chi connectivity index (χ1v) is 7.43. The van der Waals surface area contributed by atoms with Gasteiger partial charge in [0.05, 0.1) is 5.56 Å². The summed E-state index contributed by atoms with van der Waals surface area (Å²) in [7, 11) is 2.09. The largest absolute Gasteiger partial charge is 0.478 e. The summed E-state index contributed by atoms with van der Waals surface area (Å²) in [5, 5.41) is 11.1. The molecule has 1 heterocycles. The summed E-state index contributed by atoms with van der Waals surface area (Å²) in [6.07, 6.45) is 0. The molecule has 0 saturated heterocycles. The highest BCUT2D eigenvalue weighted by atomic mass is 32.1. The van der Waals surface area contributed by atoms with E-state index in [2.05, 4.69) is 36.4 Å². The molecule has 2 aromatic rings. The lowest BCUT2D eigenvalue weighted by atomic mass is 10.0. The molecular weight excluding hydrogens is 270 g/mol. The SMILES string of the molecule is Cc1cc(C(=O)O)ccc1CN(C)C(C)c1cccs1. The van der Waals surface area contributed by atoms with Crippen molar-refractivity contribution >= 4 is 17.3 Å². The molecule has 1 N–H and O–H groups in total. The molecule has 0 aliphatic heterocycles. The maximum absolute atomic E-state index is 10.9. The molecule has 20 heavy (non-hydrogen) atoms. The van der Waals surface area contributed by atoms with Crippen molar-refractivity contribution in [2.75, 3.05) is 7.05 Å². The maximum Gasteiger partial charge on any atom is 0.335 e. The fraction of sp³-hybridized carbons (Fsp3) is 0.312. The Morgan fingerprint density at radius 1 is 1.40 bits per heavy atom. The average Bonchev–Trinajstić information content (AvgIpc) is 2.93. The van der Waals surface area contributed by atoms with Gasteiger partial charge in [0.1, 0.15) is 0 Å². The number of thiophene rings is 1. The summed E-state index contributed by atoms with van der Waals surface area (Å²) in [4.78, 5) is 14.6. The highest BCUT2D eigenvalue weighted by Gasteiger charge is 2.14. The van der Waals surface area contributed by atoms with Crippen LogP contribution in [0.1, 0.15) is 39.3 Å². The molecule has 2 rings (SSSR count). The predicted octanol–water partition coefficient (Wildman–Crippen LogP) is 3.95. The van der Waals surface area contributed by atoms with Crippen LogP contribution in [-0.4, -0.2) is 23.0 Å². The molecule has 0 bridgehead atoms. The van der Waals surface area contributed by atoms with Gasteiger partial charge in [0.2, 0.25) is 0 Å². The molecule has 1 aromatic heterocycles. The normalized spacial score (nSPS) is 12.6. The van der Waals surface area contributed by atoms with Crippen LogP contribution in [0.5, 0.6) is 0 Å². The second-order valence-electron chi connectivity index (χ2n) is 5.05. The zero-order valence-electron chi connectivity index (χ0n) is 12.0. The third kappa shape index (κ3) is 3.26. The van der Waals surface area contributed by atoms with Crippen LogP contribution in [0.4, 0.5) is 0 Å². The number of rotatable bonds is 5. The monoisotopic (exact) mass is 289 g/mol. The lowest BCUT2D eigenvalue weighted by Crippen LogP contribution is -2.21. The molecule has 1 atom stereocenters. The van der Waals surface area contributed by atoms with Crippen molar-refractivity contribution in [3.63, 3.8) is 0 Å². The van der Waals surface area contributed by atoms with Crippen LogP contribution in [0.15, 0.2) is 35.7 Å². The standard InChI is InChI=1S/C16H19NO2S/c1-11-9-13(16(18)19)6-7-14(11)10-17(3)12(2)15-5-4-8-20-15/h4-9,12H,10H2,1-3H3,(H,18,19). The molecule has 0 aliphatic carbocycles. The number of hydrogen-bond donors (Lipinski definition) is 1. The highest BCUT2D eigenvalue weighted by molar-refractivity contribution is 7.10. The molecule has 0 saturated carbocycles. The Balaban J connectivity index is 2.11. The molecule has 0 fully saturated rings. The quantitative estimate of drug-likeness (QED) is 0.906. The number of aryl methyl sites for hydroxylation is 1. The summed E-state index contributed by atoms with van der Waals surface area (Å²) >= 11 is 1.76. The number of benzene rings is 1. The average molecular weight is 289 g/mol. The van der Waals surface area contributed by atoms with Gasteiger partial charge in [-0.05, 0) is 55.6 Å². The van der Waals surface area contributed by atoms with E-state index in [1.807, 2.05) is 13.0 Å². The van der Waals surface area contributed by atoms with E-state index >= 15 is 0 Å². The minimum absolute atomic E-state index is 0.347. The van der Waals surface area contributed by atoms with Crippen molar-refractivity contribution in [1.29, 1.82) is 0 Å². The maximum atomic E-state index is 10.9. The summed E-state index contributed by atoms with van der Waals surface area (Å²) in [5.74, 6) is -0.875. The van der Waals surface area contributed by atoms with E-state index in [0.29, 0.717) is 11.6 Å². The van der Waals surface area contributed by atoms with Crippen LogP contribution >= 0.6 is 11.3 Å². The Morgan fingerprint density at radius 3 is 2.70 bits per heavy atom. The first-order chi connectivity index (χ1) is 9.49. The van der Waals surface area contributed by atoms with E-state index in [1.165, 1.54) is 10.4 Å². The van der Waals surface area contributed by atoms with E-state index in [0.717, 1.165) is 12.1 Å². The molecule has 3 nitrogen and oxygen atoms in total. The Morgan fingerprint density at radius 2 is 2.15 bits per heavy atom. The topological polar surface area (TPSA) is 40.5 Å². The smallest absolute Gasteiger partial charge is 0.335 e. The predicted molar refractivity (Wildman–Crippen MR) is 82.3 cm³/mol. The van der Waals surface area contributed by atoms with Gasteiger partial charge in [-0.15, -0.1) is 11.3 Å². The van der Waals surface area contributed by atoms with Gasteiger partial charge in [0.25, 0.3) is 0 Å². The Hall–Kier alpha value is -1.65.